The van der Waals surface area contributed by atoms with Gasteiger partial charge in [-0.3, -0.25) is 4.79 Å². The summed E-state index contributed by atoms with van der Waals surface area (Å²) >= 11 is 6.27. The molecule has 0 spiro atoms. The van der Waals surface area contributed by atoms with E-state index in [2.05, 4.69) is 5.32 Å². The van der Waals surface area contributed by atoms with Gasteiger partial charge in [0, 0.05) is 5.56 Å². The Labute approximate surface area is 156 Å². The van der Waals surface area contributed by atoms with Crippen LogP contribution in [0.2, 0.25) is 0 Å². The molecule has 0 aliphatic carbocycles. The number of hydrogen-bond donors (Lipinski definition) is 1. The predicted octanol–water partition coefficient (Wildman–Crippen LogP) is 4.07. The van der Waals surface area contributed by atoms with Crippen molar-refractivity contribution in [3.8, 4) is 11.5 Å². The minimum absolute atomic E-state index is 0.192. The molecule has 1 aliphatic rings. The number of thioether (sulfide) groups is 1. The number of amides is 1. The maximum absolute atomic E-state index is 11.9. The van der Waals surface area contributed by atoms with E-state index in [1.807, 2.05) is 49.4 Å². The number of hydrogen-bond acceptors (Lipinski definition) is 5. The lowest BCUT2D eigenvalue weighted by Crippen LogP contribution is -2.17. The van der Waals surface area contributed by atoms with Gasteiger partial charge in [-0.1, -0.05) is 65.9 Å². The lowest BCUT2D eigenvalue weighted by molar-refractivity contribution is -0.115. The number of para-hydroxylation sites is 1. The Bertz CT molecular complexity index is 844. The Morgan fingerprint density at radius 1 is 1.20 bits per heavy atom. The van der Waals surface area contributed by atoms with Gasteiger partial charge in [-0.2, -0.15) is 0 Å². The SMILES string of the molecule is COc1cccc(/C=C2/SC(=S)NC2=O)c1OCc1ccc(C)cc1. The van der Waals surface area contributed by atoms with Crippen molar-refractivity contribution in [1.29, 1.82) is 0 Å². The second-order valence-electron chi connectivity index (χ2n) is 5.51. The molecule has 1 heterocycles. The van der Waals surface area contributed by atoms with Gasteiger partial charge in [0.2, 0.25) is 0 Å². The van der Waals surface area contributed by atoms with E-state index in [1.165, 1.54) is 17.3 Å². The molecule has 0 aromatic heterocycles. The summed E-state index contributed by atoms with van der Waals surface area (Å²) in [4.78, 5) is 12.4. The average Bonchev–Trinajstić information content (AvgIpc) is 2.92. The zero-order valence-electron chi connectivity index (χ0n) is 13.9. The Morgan fingerprint density at radius 3 is 2.60 bits per heavy atom. The van der Waals surface area contributed by atoms with E-state index in [-0.39, 0.29) is 5.91 Å². The third-order valence-electron chi connectivity index (χ3n) is 3.66. The standard InChI is InChI=1S/C19H17NO3S2/c1-12-6-8-13(9-7-12)11-23-17-14(4-3-5-15(17)22-2)10-16-18(21)20-19(24)25-16/h3-10H,11H2,1-2H3,(H,20,21,24)/b16-10+. The molecule has 1 amide bonds. The number of methoxy groups -OCH3 is 1. The molecule has 25 heavy (non-hydrogen) atoms. The highest BCUT2D eigenvalue weighted by Gasteiger charge is 2.23. The van der Waals surface area contributed by atoms with Gasteiger partial charge in [0.15, 0.2) is 11.5 Å². The number of aryl methyl sites for hydroxylation is 1. The summed E-state index contributed by atoms with van der Waals surface area (Å²) in [5, 5.41) is 2.61. The minimum atomic E-state index is -0.192. The first kappa shape index (κ1) is 17.5. The van der Waals surface area contributed by atoms with Crippen molar-refractivity contribution in [3.05, 3.63) is 64.1 Å². The molecule has 4 nitrogen and oxygen atoms in total. The van der Waals surface area contributed by atoms with Gasteiger partial charge >= 0.3 is 0 Å². The highest BCUT2D eigenvalue weighted by molar-refractivity contribution is 8.26. The molecule has 0 radical (unpaired) electrons. The highest BCUT2D eigenvalue weighted by Crippen LogP contribution is 2.35. The zero-order chi connectivity index (χ0) is 17.8. The number of carbonyl (C=O) groups excluding carboxylic acids is 1. The number of rotatable bonds is 5. The van der Waals surface area contributed by atoms with E-state index >= 15 is 0 Å². The first-order valence-electron chi connectivity index (χ1n) is 7.67. The van der Waals surface area contributed by atoms with Crippen molar-refractivity contribution in [2.45, 2.75) is 13.5 Å². The van der Waals surface area contributed by atoms with Crippen LogP contribution in [0, 0.1) is 6.92 Å². The number of thiocarbonyl (C=S) groups is 1. The lowest BCUT2D eigenvalue weighted by atomic mass is 10.1. The largest absolute Gasteiger partial charge is 0.493 e. The summed E-state index contributed by atoms with van der Waals surface area (Å²) < 4.78 is 11.9. The van der Waals surface area contributed by atoms with Crippen LogP contribution in [0.15, 0.2) is 47.4 Å². The molecular weight excluding hydrogens is 354 g/mol. The Balaban J connectivity index is 1.89. The number of ether oxygens (including phenoxy) is 2. The zero-order valence-corrected chi connectivity index (χ0v) is 15.5. The van der Waals surface area contributed by atoms with Crippen molar-refractivity contribution < 1.29 is 14.3 Å². The lowest BCUT2D eigenvalue weighted by Gasteiger charge is -2.14. The molecule has 2 aromatic carbocycles. The van der Waals surface area contributed by atoms with E-state index < -0.39 is 0 Å². The fraction of sp³-hybridized carbons (Fsp3) is 0.158. The fourth-order valence-electron chi connectivity index (χ4n) is 2.36. The van der Waals surface area contributed by atoms with E-state index in [0.717, 1.165) is 11.1 Å². The molecule has 1 saturated heterocycles. The van der Waals surface area contributed by atoms with E-state index in [9.17, 15) is 4.79 Å². The molecule has 6 heteroatoms. The van der Waals surface area contributed by atoms with Gasteiger partial charge < -0.3 is 14.8 Å². The molecule has 1 N–H and O–H groups in total. The van der Waals surface area contributed by atoms with Crippen LogP contribution < -0.4 is 14.8 Å². The quantitative estimate of drug-likeness (QED) is 0.634. The van der Waals surface area contributed by atoms with Crippen molar-refractivity contribution >= 4 is 40.3 Å². The van der Waals surface area contributed by atoms with Crippen molar-refractivity contribution in [1.82, 2.24) is 5.32 Å². The van der Waals surface area contributed by atoms with Gasteiger partial charge in [-0.05, 0) is 24.6 Å². The maximum atomic E-state index is 11.9. The average molecular weight is 371 g/mol. The predicted molar refractivity (Wildman–Crippen MR) is 105 cm³/mol. The van der Waals surface area contributed by atoms with Gasteiger partial charge in [0.1, 0.15) is 10.9 Å². The summed E-state index contributed by atoms with van der Waals surface area (Å²) in [6.07, 6.45) is 1.77. The molecule has 1 aliphatic heterocycles. The second-order valence-corrected chi connectivity index (χ2v) is 7.22. The molecule has 0 saturated carbocycles. The smallest absolute Gasteiger partial charge is 0.263 e. The van der Waals surface area contributed by atoms with Crippen LogP contribution in [-0.4, -0.2) is 17.3 Å². The molecule has 128 valence electrons. The molecule has 2 aromatic rings. The van der Waals surface area contributed by atoms with Crippen molar-refractivity contribution in [2.75, 3.05) is 7.11 Å². The van der Waals surface area contributed by atoms with Crippen molar-refractivity contribution in [3.63, 3.8) is 0 Å². The normalized spacial score (nSPS) is 15.4. The van der Waals surface area contributed by atoms with Crippen LogP contribution >= 0.6 is 24.0 Å². The number of benzene rings is 2. The fourth-order valence-corrected chi connectivity index (χ4v) is 3.40. The summed E-state index contributed by atoms with van der Waals surface area (Å²) in [6.45, 7) is 2.46. The van der Waals surface area contributed by atoms with Crippen LogP contribution in [0.1, 0.15) is 16.7 Å². The van der Waals surface area contributed by atoms with Crippen molar-refractivity contribution in [2.24, 2.45) is 0 Å². The van der Waals surface area contributed by atoms with Crippen LogP contribution in [0.4, 0.5) is 0 Å². The van der Waals surface area contributed by atoms with Gasteiger partial charge in [-0.15, -0.1) is 0 Å². The summed E-state index contributed by atoms with van der Waals surface area (Å²) in [6, 6.07) is 13.7. The summed E-state index contributed by atoms with van der Waals surface area (Å²) in [7, 11) is 1.59. The van der Waals surface area contributed by atoms with Crippen LogP contribution in [0.3, 0.4) is 0 Å². The monoisotopic (exact) mass is 371 g/mol. The summed E-state index contributed by atoms with van der Waals surface area (Å²) in [5.41, 5.74) is 3.03. The Hall–Kier alpha value is -2.31. The molecule has 0 unspecified atom stereocenters. The van der Waals surface area contributed by atoms with E-state index in [0.29, 0.717) is 27.3 Å². The second kappa shape index (κ2) is 7.72. The van der Waals surface area contributed by atoms with Gasteiger partial charge in [0.05, 0.1) is 12.0 Å². The third-order valence-corrected chi connectivity index (χ3v) is 4.82. The van der Waals surface area contributed by atoms with E-state index in [4.69, 9.17) is 21.7 Å². The number of nitrogens with one attached hydrogen (secondary N) is 1. The van der Waals surface area contributed by atoms with Crippen LogP contribution in [0.5, 0.6) is 11.5 Å². The molecule has 0 bridgehead atoms. The summed E-state index contributed by atoms with van der Waals surface area (Å²) in [5.74, 6) is 1.03. The Morgan fingerprint density at radius 2 is 1.96 bits per heavy atom. The highest BCUT2D eigenvalue weighted by atomic mass is 32.2. The topological polar surface area (TPSA) is 47.6 Å². The minimum Gasteiger partial charge on any atom is -0.493 e. The number of carbonyl (C=O) groups is 1. The molecule has 3 rings (SSSR count). The molecule has 1 fully saturated rings. The molecular formula is C19H17NO3S2. The van der Waals surface area contributed by atoms with Crippen LogP contribution in [0.25, 0.3) is 6.08 Å². The van der Waals surface area contributed by atoms with E-state index in [1.54, 1.807) is 13.2 Å². The Kier molecular flexibility index (Phi) is 5.40. The first-order valence-corrected chi connectivity index (χ1v) is 8.89. The molecule has 0 atom stereocenters. The van der Waals surface area contributed by atoms with Crippen LogP contribution in [-0.2, 0) is 11.4 Å². The maximum Gasteiger partial charge on any atom is 0.263 e. The third kappa shape index (κ3) is 4.21. The van der Waals surface area contributed by atoms with Gasteiger partial charge in [0.25, 0.3) is 5.91 Å². The first-order chi connectivity index (χ1) is 12.1. The van der Waals surface area contributed by atoms with Gasteiger partial charge in [-0.25, -0.2) is 0 Å².